The number of aromatic nitrogens is 6. The number of methoxy groups -OCH3 is 3. The minimum absolute atomic E-state index is 0. The molecular formula is C49H51BBrCl6Cs2N9NaO17. The van der Waals surface area contributed by atoms with Gasteiger partial charge in [0.25, 0.3) is 6.47 Å². The van der Waals surface area contributed by atoms with E-state index >= 15 is 0 Å². The number of carboxylic acids is 1. The van der Waals surface area contributed by atoms with Crippen molar-refractivity contribution in [1.82, 2.24) is 29.9 Å². The Balaban J connectivity index is -0.000000319. The van der Waals surface area contributed by atoms with Crippen molar-refractivity contribution in [1.29, 1.82) is 0 Å². The van der Waals surface area contributed by atoms with E-state index in [1.165, 1.54) is 19.5 Å². The molecule has 0 saturated carbocycles. The maximum atomic E-state index is 12.2. The summed E-state index contributed by atoms with van der Waals surface area (Å²) < 4.78 is 26.5. The Bertz CT molecular complexity index is 3090. The molecule has 3 aromatic heterocycles. The number of aromatic hydroxyl groups is 1. The third-order valence-corrected chi connectivity index (χ3v) is 11.2. The number of hydrogen-bond donors (Lipinski definition) is 3. The zero-order valence-corrected chi connectivity index (χ0v) is 68.7. The quantitative estimate of drug-likeness (QED) is 0.0219. The number of alkyl halides is 1. The number of carbonyl (C=O) groups excluding carboxylic acids is 6. The molecular weight excluding hydrogens is 1580 g/mol. The van der Waals surface area contributed by atoms with E-state index in [0.29, 0.717) is 73.3 Å². The first-order valence-electron chi connectivity index (χ1n) is 22.3. The molecule has 86 heavy (non-hydrogen) atoms. The van der Waals surface area contributed by atoms with Crippen LogP contribution in [-0.4, -0.2) is 140 Å². The first-order valence-corrected chi connectivity index (χ1v) is 25.7. The van der Waals surface area contributed by atoms with Gasteiger partial charge in [-0.2, -0.15) is 15.0 Å². The van der Waals surface area contributed by atoms with Gasteiger partial charge in [-0.1, -0.05) is 50.7 Å². The van der Waals surface area contributed by atoms with Crippen molar-refractivity contribution in [3.63, 3.8) is 0 Å². The van der Waals surface area contributed by atoms with Gasteiger partial charge < -0.3 is 65.8 Å². The zero-order chi connectivity index (χ0) is 62.1. The summed E-state index contributed by atoms with van der Waals surface area (Å²) in [6, 6.07) is 15.3. The summed E-state index contributed by atoms with van der Waals surface area (Å²) in [4.78, 5) is 96.1. The standard InChI is InChI=1S/C14H13Cl2N3O3.C14H13Cl2N3O2.C9H8BrClO2.C5H6ClN3O.C4H6O4.C2H4O2.CH2O3.B.2Cs.Na.H/c1-17-13-12(6-18-14(16)19-13)22-7-11(20)9-5-8(21-2)3-4-10(9)15;1-19-11(9-5-8(20-2)3-4-10(9)15)7-21-12-6-17-14(16)18-13(12)19;1-13-6-2-3-8(11)7(4-6)9(12)5-10;1-7-4-3(10)2-8-5(6)9-4;1-3(5)7-8-4(2)6;1-2(3)4;2-1-4-3;;;;;/h3-6H,7H2,1-2H3,(H,17,18,19);3-6,11H,7H2,1-2H3;2-4H,5H2,1H3;2,10H,1H3,(H,7,8,9);1-2H3;1H3,(H,3,4);1,3H;;;;;/q;;;;;;;;3*+1;-1/p-2. The van der Waals surface area contributed by atoms with E-state index in [4.69, 9.17) is 118 Å². The number of aliphatic carboxylic acids is 1. The summed E-state index contributed by atoms with van der Waals surface area (Å²) in [6.45, 7) is 3.31. The van der Waals surface area contributed by atoms with E-state index in [1.807, 2.05) is 30.1 Å². The SMILES string of the molecule is CC(=O)OOC(C)=O.CC(=O)[O-].CNc1nc(Cl)ncc1O.CNc1nc(Cl)ncc1OCC(=O)c1cc(OC)ccc1Cl.COc1ccc(Cl)c(C(=O)CBr)c1.COc1ccc(Cl)c(C2COc3cnc(Cl)nc3N2C)c1.O=CO[O-].[B].[Cs+].[Cs+].[H-].[Na+]. The molecule has 4 heterocycles. The second kappa shape index (κ2) is 50.3. The van der Waals surface area contributed by atoms with Gasteiger partial charge in [-0.05, 0) is 96.3 Å². The van der Waals surface area contributed by atoms with E-state index in [9.17, 15) is 19.2 Å². The van der Waals surface area contributed by atoms with Crippen molar-refractivity contribution in [3.8, 4) is 34.5 Å². The second-order valence-corrected chi connectivity index (χ2v) is 17.5. The molecule has 0 spiro atoms. The number of carboxylic acid groups (broad SMARTS) is 1. The van der Waals surface area contributed by atoms with Crippen LogP contribution >= 0.6 is 85.5 Å². The largest absolute Gasteiger partial charge is 1.00 e. The summed E-state index contributed by atoms with van der Waals surface area (Å²) in [5.41, 5.74) is 1.72. The molecule has 26 nitrogen and oxygen atoms in total. The summed E-state index contributed by atoms with van der Waals surface area (Å²) in [5.74, 6) is 1.50. The van der Waals surface area contributed by atoms with E-state index < -0.39 is 17.9 Å². The summed E-state index contributed by atoms with van der Waals surface area (Å²) in [7, 11) is 9.90. The van der Waals surface area contributed by atoms with Crippen LogP contribution in [0.3, 0.4) is 0 Å². The van der Waals surface area contributed by atoms with Crippen LogP contribution in [0.2, 0.25) is 30.9 Å². The molecule has 3 N–H and O–H groups in total. The fourth-order valence-corrected chi connectivity index (χ4v) is 6.99. The fraction of sp³-hybridized carbons (Fsp3) is 0.265. The number of hydrogen-bond acceptors (Lipinski definition) is 26. The van der Waals surface area contributed by atoms with Gasteiger partial charge in [0.2, 0.25) is 21.6 Å². The van der Waals surface area contributed by atoms with Crippen molar-refractivity contribution >= 4 is 147 Å². The minimum atomic E-state index is -1.08. The summed E-state index contributed by atoms with van der Waals surface area (Å²) >= 11 is 38.2. The first kappa shape index (κ1) is 90.1. The van der Waals surface area contributed by atoms with E-state index in [-0.39, 0.29) is 235 Å². The number of nitrogens with one attached hydrogen (secondary N) is 2. The number of likely N-dealkylation sites (N-methyl/N-ethyl adjacent to an activating group) is 1. The Kier molecular flexibility index (Phi) is 52.7. The van der Waals surface area contributed by atoms with Crippen molar-refractivity contribution in [2.45, 2.75) is 26.8 Å². The molecule has 0 aliphatic carbocycles. The normalized spacial score (nSPS) is 10.6. The Morgan fingerprint density at radius 2 is 1.15 bits per heavy atom. The molecule has 0 saturated heterocycles. The van der Waals surface area contributed by atoms with Crippen LogP contribution in [0, 0.1) is 0 Å². The minimum Gasteiger partial charge on any atom is -1.00 e. The fourth-order valence-electron chi connectivity index (χ4n) is 5.60. The van der Waals surface area contributed by atoms with Crippen LogP contribution in [0.15, 0.2) is 73.2 Å². The average Bonchev–Trinajstić information content (AvgIpc) is 1.83. The Morgan fingerprint density at radius 1 is 0.733 bits per heavy atom. The molecule has 1 aliphatic heterocycles. The van der Waals surface area contributed by atoms with Gasteiger partial charge in [-0.15, -0.1) is 0 Å². The van der Waals surface area contributed by atoms with Crippen LogP contribution in [0.5, 0.6) is 34.5 Å². The van der Waals surface area contributed by atoms with Crippen LogP contribution in [0.1, 0.15) is 54.5 Å². The molecule has 7 rings (SSSR count). The van der Waals surface area contributed by atoms with E-state index in [1.54, 1.807) is 70.9 Å². The number of benzene rings is 3. The number of ether oxygens (including phenoxy) is 5. The number of carbonyl (C=O) groups is 6. The molecule has 3 radical (unpaired) electrons. The summed E-state index contributed by atoms with van der Waals surface area (Å²) in [6.07, 6.45) is 4.20. The number of nitrogens with zero attached hydrogens (tertiary/aromatic N) is 7. The molecule has 1 aliphatic rings. The van der Waals surface area contributed by atoms with Gasteiger partial charge in [0, 0.05) is 71.1 Å². The van der Waals surface area contributed by atoms with Crippen molar-refractivity contribution in [2.24, 2.45) is 0 Å². The topological polar surface area (TPSA) is 347 Å². The van der Waals surface area contributed by atoms with Crippen molar-refractivity contribution in [3.05, 3.63) is 121 Å². The van der Waals surface area contributed by atoms with Crippen molar-refractivity contribution < 1.29 is 251 Å². The zero-order valence-electron chi connectivity index (χ0n) is 49.0. The third kappa shape index (κ3) is 34.7. The molecule has 0 bridgehead atoms. The number of Topliss-reactive ketones (excluding diaryl/α,β-unsaturated/α-hetero) is 2. The maximum Gasteiger partial charge on any atom is 1.00 e. The Morgan fingerprint density at radius 3 is 1.58 bits per heavy atom. The Hall–Kier alpha value is -2.33. The van der Waals surface area contributed by atoms with Crippen LogP contribution in [0.4, 0.5) is 17.5 Å². The first-order chi connectivity index (χ1) is 38.8. The molecule has 1 atom stereocenters. The maximum absolute atomic E-state index is 12.2. The number of fused-ring (bicyclic) bond motifs is 1. The smallest absolute Gasteiger partial charge is 1.00 e. The predicted molar refractivity (Wildman–Crippen MR) is 309 cm³/mol. The van der Waals surface area contributed by atoms with Gasteiger partial charge in [0.1, 0.15) is 23.9 Å². The van der Waals surface area contributed by atoms with Gasteiger partial charge in [-0.3, -0.25) is 14.4 Å². The molecule has 1 unspecified atom stereocenters. The summed E-state index contributed by atoms with van der Waals surface area (Å²) in [5, 5.41) is 33.8. The third-order valence-electron chi connectivity index (χ3n) is 9.15. The van der Waals surface area contributed by atoms with Crippen LogP contribution in [-0.2, 0) is 33.8 Å². The molecule has 449 valence electrons. The van der Waals surface area contributed by atoms with Crippen LogP contribution < -0.4 is 217 Å². The molecule has 37 heteroatoms. The molecule has 0 amide bonds. The molecule has 3 aromatic carbocycles. The predicted octanol–water partition coefficient (Wildman–Crippen LogP) is -1.78. The van der Waals surface area contributed by atoms with Gasteiger partial charge >= 0.3 is 179 Å². The molecule has 6 aromatic rings. The second-order valence-electron chi connectivity index (χ2n) is 14.7. The number of ketones is 2. The van der Waals surface area contributed by atoms with Crippen molar-refractivity contribution in [2.75, 3.05) is 76.5 Å². The van der Waals surface area contributed by atoms with E-state index in [2.05, 4.69) is 71.1 Å². The average molecular weight is 1630 g/mol. The molecule has 0 fully saturated rings. The van der Waals surface area contributed by atoms with Gasteiger partial charge in [-0.25, -0.2) is 34.3 Å². The monoisotopic (exact) mass is 1630 g/mol. The van der Waals surface area contributed by atoms with Crippen LogP contribution in [0.25, 0.3) is 0 Å². The van der Waals surface area contributed by atoms with E-state index in [0.717, 1.165) is 32.1 Å². The van der Waals surface area contributed by atoms with Gasteiger partial charge in [0.05, 0.1) is 61.3 Å². The number of rotatable bonds is 13. The number of anilines is 3. The Labute approximate surface area is 675 Å². The number of halogens is 7. The van der Waals surface area contributed by atoms with Gasteiger partial charge in [0.15, 0.2) is 47.1 Å².